The predicted octanol–water partition coefficient (Wildman–Crippen LogP) is 0.505. The summed E-state index contributed by atoms with van der Waals surface area (Å²) in [6.07, 6.45) is 2.02. The van der Waals surface area contributed by atoms with Gasteiger partial charge < -0.3 is 0 Å². The van der Waals surface area contributed by atoms with E-state index in [4.69, 9.17) is 0 Å². The van der Waals surface area contributed by atoms with Crippen LogP contribution in [0.3, 0.4) is 0 Å². The Morgan fingerprint density at radius 2 is 1.40 bits per heavy atom. The zero-order valence-corrected chi connectivity index (χ0v) is 5.54. The topological polar surface area (TPSA) is 37.4 Å². The van der Waals surface area contributed by atoms with E-state index < -0.39 is 11.8 Å². The van der Waals surface area contributed by atoms with E-state index in [1.165, 1.54) is 0 Å². The first-order chi connectivity index (χ1) is 4.63. The van der Waals surface area contributed by atoms with Crippen LogP contribution in [0.5, 0.6) is 0 Å². The minimum atomic E-state index is -0.537. The Balaban J connectivity index is 4.20. The van der Waals surface area contributed by atoms with Crippen molar-refractivity contribution >= 4 is 11.8 Å². The van der Waals surface area contributed by atoms with E-state index in [-0.39, 0.29) is 0 Å². The third-order valence-electron chi connectivity index (χ3n) is 0.881. The van der Waals surface area contributed by atoms with Gasteiger partial charge in [-0.15, -0.1) is 0 Å². The molecule has 2 amide bonds. The van der Waals surface area contributed by atoms with Crippen LogP contribution in [0.15, 0.2) is 25.3 Å². The Bertz CT molecular complexity index is 164. The molecule has 0 heterocycles. The number of imide groups is 1. The maximum Gasteiger partial charge on any atom is 0.252 e. The van der Waals surface area contributed by atoms with E-state index in [0.717, 1.165) is 12.2 Å². The molecule has 0 aliphatic rings. The van der Waals surface area contributed by atoms with Crippen molar-refractivity contribution in [3.8, 4) is 0 Å². The van der Waals surface area contributed by atoms with Crippen LogP contribution < -0.4 is 0 Å². The molecule has 0 atom stereocenters. The molecule has 0 aromatic carbocycles. The van der Waals surface area contributed by atoms with Crippen LogP contribution in [0.1, 0.15) is 0 Å². The van der Waals surface area contributed by atoms with Crippen LogP contribution in [-0.4, -0.2) is 16.7 Å². The van der Waals surface area contributed by atoms with Crippen molar-refractivity contribution in [2.75, 3.05) is 0 Å². The van der Waals surface area contributed by atoms with Gasteiger partial charge in [-0.3, -0.25) is 14.5 Å². The number of rotatable bonds is 2. The maximum absolute atomic E-state index is 10.6. The third-order valence-corrected chi connectivity index (χ3v) is 0.881. The molecule has 0 fully saturated rings. The lowest BCUT2D eigenvalue weighted by Crippen LogP contribution is -2.27. The molecule has 0 bridgehead atoms. The van der Waals surface area contributed by atoms with Crippen molar-refractivity contribution in [3.63, 3.8) is 0 Å². The van der Waals surface area contributed by atoms with Gasteiger partial charge in [0.25, 0.3) is 11.8 Å². The molecule has 0 aromatic heterocycles. The first kappa shape index (κ1) is 8.62. The molecule has 0 saturated heterocycles. The summed E-state index contributed by atoms with van der Waals surface area (Å²) >= 11 is 0. The van der Waals surface area contributed by atoms with E-state index in [1.807, 2.05) is 0 Å². The van der Waals surface area contributed by atoms with Crippen LogP contribution in [-0.2, 0) is 9.59 Å². The molecule has 0 N–H and O–H groups in total. The quantitative estimate of drug-likeness (QED) is 0.521. The van der Waals surface area contributed by atoms with Crippen LogP contribution in [0.4, 0.5) is 0 Å². The molecule has 10 heavy (non-hydrogen) atoms. The standard InChI is InChI=1S/C7H8NO2/c1-4-6(9)8(3)7(10)5-2/h4-5H,1-3H2. The Morgan fingerprint density at radius 1 is 1.10 bits per heavy atom. The Morgan fingerprint density at radius 3 is 1.60 bits per heavy atom. The van der Waals surface area contributed by atoms with Crippen molar-refractivity contribution in [1.29, 1.82) is 0 Å². The molecule has 0 aliphatic carbocycles. The Hall–Kier alpha value is -1.38. The lowest BCUT2D eigenvalue weighted by Gasteiger charge is -2.07. The number of hydrogen-bond acceptors (Lipinski definition) is 2. The van der Waals surface area contributed by atoms with Crippen LogP contribution in [0, 0.1) is 7.05 Å². The smallest absolute Gasteiger partial charge is 0.252 e. The van der Waals surface area contributed by atoms with E-state index in [1.54, 1.807) is 0 Å². The summed E-state index contributed by atoms with van der Waals surface area (Å²) in [6, 6.07) is 0. The lowest BCUT2D eigenvalue weighted by molar-refractivity contribution is -0.135. The average molecular weight is 138 g/mol. The minimum absolute atomic E-state index is 0.537. The minimum Gasteiger partial charge on any atom is -0.274 e. The molecule has 0 aliphatic heterocycles. The van der Waals surface area contributed by atoms with Gasteiger partial charge in [0.1, 0.15) is 0 Å². The van der Waals surface area contributed by atoms with Gasteiger partial charge in [0, 0.05) is 7.05 Å². The molecular formula is C7H8NO2. The van der Waals surface area contributed by atoms with Crippen LogP contribution in [0.25, 0.3) is 0 Å². The second-order valence-corrected chi connectivity index (χ2v) is 1.51. The van der Waals surface area contributed by atoms with Gasteiger partial charge in [-0.05, 0) is 12.2 Å². The zero-order valence-electron chi connectivity index (χ0n) is 5.54. The number of carbonyl (C=O) groups is 2. The van der Waals surface area contributed by atoms with Crippen molar-refractivity contribution < 1.29 is 9.59 Å². The zero-order chi connectivity index (χ0) is 8.15. The first-order valence-electron chi connectivity index (χ1n) is 2.57. The second-order valence-electron chi connectivity index (χ2n) is 1.51. The van der Waals surface area contributed by atoms with Crippen LogP contribution >= 0.6 is 0 Å². The highest BCUT2D eigenvalue weighted by atomic mass is 16.2. The van der Waals surface area contributed by atoms with Gasteiger partial charge in [-0.25, -0.2) is 0 Å². The fourth-order valence-corrected chi connectivity index (χ4v) is 0.329. The van der Waals surface area contributed by atoms with Gasteiger partial charge in [-0.1, -0.05) is 13.2 Å². The monoisotopic (exact) mass is 138 g/mol. The molecule has 3 nitrogen and oxygen atoms in total. The van der Waals surface area contributed by atoms with Crippen molar-refractivity contribution in [1.82, 2.24) is 4.90 Å². The molecule has 53 valence electrons. The highest BCUT2D eigenvalue weighted by molar-refractivity contribution is 6.04. The summed E-state index contributed by atoms with van der Waals surface area (Å²) in [5.74, 6) is -1.07. The van der Waals surface area contributed by atoms with E-state index in [2.05, 4.69) is 20.2 Å². The second kappa shape index (κ2) is 3.61. The molecular weight excluding hydrogens is 130 g/mol. The number of amides is 2. The molecule has 3 heteroatoms. The summed E-state index contributed by atoms with van der Waals surface area (Å²) in [4.78, 5) is 21.9. The largest absolute Gasteiger partial charge is 0.274 e. The van der Waals surface area contributed by atoms with Crippen molar-refractivity contribution in [3.05, 3.63) is 32.4 Å². The van der Waals surface area contributed by atoms with E-state index >= 15 is 0 Å². The number of hydrogen-bond donors (Lipinski definition) is 0. The molecule has 0 rings (SSSR count). The molecule has 0 aromatic rings. The predicted molar refractivity (Wildman–Crippen MR) is 37.6 cm³/mol. The normalized spacial score (nSPS) is 8.10. The third kappa shape index (κ3) is 1.85. The van der Waals surface area contributed by atoms with Crippen molar-refractivity contribution in [2.45, 2.75) is 0 Å². The highest BCUT2D eigenvalue weighted by Crippen LogP contribution is 1.89. The summed E-state index contributed by atoms with van der Waals surface area (Å²) in [7, 11) is 3.17. The SMILES string of the molecule is [CH2]N(C(=O)C=C)C(=O)C=C. The van der Waals surface area contributed by atoms with Gasteiger partial charge in [0.15, 0.2) is 0 Å². The fraction of sp³-hybridized carbons (Fsp3) is 0. The van der Waals surface area contributed by atoms with E-state index in [9.17, 15) is 9.59 Å². The summed E-state index contributed by atoms with van der Waals surface area (Å²) in [5.41, 5.74) is 0. The fourth-order valence-electron chi connectivity index (χ4n) is 0.329. The lowest BCUT2D eigenvalue weighted by atomic mass is 10.4. The summed E-state index contributed by atoms with van der Waals surface area (Å²) in [6.45, 7) is 6.36. The van der Waals surface area contributed by atoms with Gasteiger partial charge in [0.05, 0.1) is 0 Å². The first-order valence-corrected chi connectivity index (χ1v) is 2.57. The van der Waals surface area contributed by atoms with Gasteiger partial charge >= 0.3 is 0 Å². The Labute approximate surface area is 59.6 Å². The van der Waals surface area contributed by atoms with Crippen molar-refractivity contribution in [2.24, 2.45) is 0 Å². The molecule has 0 unspecified atom stereocenters. The van der Waals surface area contributed by atoms with Gasteiger partial charge in [-0.2, -0.15) is 0 Å². The summed E-state index contributed by atoms with van der Waals surface area (Å²) in [5, 5.41) is 0. The molecule has 1 radical (unpaired) electrons. The van der Waals surface area contributed by atoms with E-state index in [0.29, 0.717) is 4.90 Å². The Kier molecular flexibility index (Phi) is 3.11. The van der Waals surface area contributed by atoms with Crippen LogP contribution in [0.2, 0.25) is 0 Å². The average Bonchev–Trinajstić information content (AvgIpc) is 2.00. The maximum atomic E-state index is 10.6. The molecule has 0 spiro atoms. The molecule has 0 saturated carbocycles. The number of nitrogens with zero attached hydrogens (tertiary/aromatic N) is 1. The number of carbonyl (C=O) groups excluding carboxylic acids is 2. The highest BCUT2D eigenvalue weighted by Gasteiger charge is 2.08. The van der Waals surface area contributed by atoms with Gasteiger partial charge in [0.2, 0.25) is 0 Å². The summed E-state index contributed by atoms with van der Waals surface area (Å²) < 4.78 is 0.